The first-order valence-corrected chi connectivity index (χ1v) is 12.3. The highest BCUT2D eigenvalue weighted by atomic mass is 32.1. The Hall–Kier alpha value is -2.71. The first kappa shape index (κ1) is 19.9. The van der Waals surface area contributed by atoms with Crippen LogP contribution in [0.2, 0.25) is 0 Å². The van der Waals surface area contributed by atoms with Gasteiger partial charge in [0.1, 0.15) is 4.83 Å². The Morgan fingerprint density at radius 2 is 1.91 bits per heavy atom. The summed E-state index contributed by atoms with van der Waals surface area (Å²) in [6.07, 6.45) is 6.34. The van der Waals surface area contributed by atoms with Crippen LogP contribution in [0.5, 0.6) is 0 Å². The summed E-state index contributed by atoms with van der Waals surface area (Å²) in [5.41, 5.74) is 4.31. The van der Waals surface area contributed by atoms with E-state index in [0.29, 0.717) is 26.2 Å². The van der Waals surface area contributed by atoms with Gasteiger partial charge in [-0.1, -0.05) is 0 Å². The number of thiophene rings is 1. The number of benzene rings is 1. The van der Waals surface area contributed by atoms with Crippen LogP contribution >= 0.6 is 11.3 Å². The standard InChI is InChI=1S/C24H26N4O3S/c29-21-5-2-8-28(21)17-6-7-19(26-9-11-31-12-10-26)16(13-17)14-27-15-25-23-22(24(27)30)18-3-1-4-20(18)32-23/h6-7,13,15H,1-5,8-12,14H2. The van der Waals surface area contributed by atoms with E-state index in [4.69, 9.17) is 4.74 Å². The van der Waals surface area contributed by atoms with Crippen LogP contribution < -0.4 is 15.4 Å². The van der Waals surface area contributed by atoms with Crippen LogP contribution in [0, 0.1) is 0 Å². The molecule has 0 atom stereocenters. The number of anilines is 2. The van der Waals surface area contributed by atoms with Crippen molar-refractivity contribution in [2.75, 3.05) is 42.6 Å². The van der Waals surface area contributed by atoms with Crippen molar-refractivity contribution in [3.63, 3.8) is 0 Å². The average molecular weight is 451 g/mol. The molecular formula is C24H26N4O3S. The number of morpholine rings is 1. The van der Waals surface area contributed by atoms with Crippen molar-refractivity contribution >= 4 is 38.8 Å². The van der Waals surface area contributed by atoms with E-state index in [9.17, 15) is 9.59 Å². The highest BCUT2D eigenvalue weighted by Crippen LogP contribution is 2.35. The summed E-state index contributed by atoms with van der Waals surface area (Å²) in [6, 6.07) is 6.22. The Morgan fingerprint density at radius 1 is 1.03 bits per heavy atom. The molecule has 7 nitrogen and oxygen atoms in total. The van der Waals surface area contributed by atoms with E-state index >= 15 is 0 Å². The Morgan fingerprint density at radius 3 is 2.72 bits per heavy atom. The van der Waals surface area contributed by atoms with E-state index in [1.165, 1.54) is 10.4 Å². The number of ether oxygens (including phenoxy) is 1. The molecule has 0 unspecified atom stereocenters. The molecule has 2 saturated heterocycles. The van der Waals surface area contributed by atoms with E-state index in [-0.39, 0.29) is 11.5 Å². The predicted octanol–water partition coefficient (Wildman–Crippen LogP) is 2.96. The molecule has 3 aliphatic rings. The molecule has 4 heterocycles. The van der Waals surface area contributed by atoms with Gasteiger partial charge in [-0.25, -0.2) is 4.98 Å². The zero-order valence-electron chi connectivity index (χ0n) is 18.0. The number of carbonyl (C=O) groups excluding carboxylic acids is 1. The Kier molecular flexibility index (Phi) is 4.99. The molecule has 1 amide bonds. The molecule has 0 radical (unpaired) electrons. The molecule has 8 heteroatoms. The van der Waals surface area contributed by atoms with E-state index < -0.39 is 0 Å². The minimum Gasteiger partial charge on any atom is -0.378 e. The summed E-state index contributed by atoms with van der Waals surface area (Å²) in [4.78, 5) is 36.8. The van der Waals surface area contributed by atoms with Gasteiger partial charge in [-0.3, -0.25) is 14.2 Å². The first-order valence-electron chi connectivity index (χ1n) is 11.4. The van der Waals surface area contributed by atoms with Crippen molar-refractivity contribution < 1.29 is 9.53 Å². The number of carbonyl (C=O) groups is 1. The quantitative estimate of drug-likeness (QED) is 0.611. The molecule has 1 aliphatic carbocycles. The summed E-state index contributed by atoms with van der Waals surface area (Å²) in [6.45, 7) is 4.22. The first-order chi connectivity index (χ1) is 15.7. The molecule has 32 heavy (non-hydrogen) atoms. The monoisotopic (exact) mass is 450 g/mol. The SMILES string of the molecule is O=C1CCCN1c1ccc(N2CCOCC2)c(Cn2cnc3sc4c(c3c2=O)CCC4)c1. The topological polar surface area (TPSA) is 67.7 Å². The molecule has 6 rings (SSSR count). The molecular weight excluding hydrogens is 424 g/mol. The highest BCUT2D eigenvalue weighted by molar-refractivity contribution is 7.18. The maximum absolute atomic E-state index is 13.5. The number of aryl methyl sites for hydroxylation is 2. The largest absolute Gasteiger partial charge is 0.378 e. The minimum atomic E-state index is 0.0463. The number of rotatable bonds is 4. The number of hydrogen-bond acceptors (Lipinski definition) is 6. The van der Waals surface area contributed by atoms with Crippen LogP contribution in [-0.2, 0) is 28.9 Å². The smallest absolute Gasteiger partial charge is 0.262 e. The van der Waals surface area contributed by atoms with Gasteiger partial charge in [0.05, 0.1) is 31.5 Å². The molecule has 0 N–H and O–H groups in total. The van der Waals surface area contributed by atoms with Gasteiger partial charge in [0.25, 0.3) is 5.56 Å². The van der Waals surface area contributed by atoms with Crippen LogP contribution in [0.4, 0.5) is 11.4 Å². The van der Waals surface area contributed by atoms with Crippen molar-refractivity contribution in [2.24, 2.45) is 0 Å². The zero-order valence-corrected chi connectivity index (χ0v) is 18.8. The molecule has 166 valence electrons. The van der Waals surface area contributed by atoms with Crippen LogP contribution in [0.3, 0.4) is 0 Å². The molecule has 2 aromatic heterocycles. The number of hydrogen-bond donors (Lipinski definition) is 0. The second-order valence-electron chi connectivity index (χ2n) is 8.78. The van der Waals surface area contributed by atoms with Gasteiger partial charge >= 0.3 is 0 Å². The lowest BCUT2D eigenvalue weighted by Gasteiger charge is -2.31. The summed E-state index contributed by atoms with van der Waals surface area (Å²) in [7, 11) is 0. The Bertz CT molecular complexity index is 1260. The van der Waals surface area contributed by atoms with Crippen molar-refractivity contribution in [1.29, 1.82) is 0 Å². The lowest BCUT2D eigenvalue weighted by Crippen LogP contribution is -2.37. The molecule has 0 bridgehead atoms. The van der Waals surface area contributed by atoms with Crippen molar-refractivity contribution in [1.82, 2.24) is 9.55 Å². The number of aromatic nitrogens is 2. The predicted molar refractivity (Wildman–Crippen MR) is 126 cm³/mol. The van der Waals surface area contributed by atoms with Gasteiger partial charge in [-0.2, -0.15) is 0 Å². The van der Waals surface area contributed by atoms with Crippen LogP contribution in [0.1, 0.15) is 35.3 Å². The highest BCUT2D eigenvalue weighted by Gasteiger charge is 2.25. The van der Waals surface area contributed by atoms with Crippen LogP contribution in [-0.4, -0.2) is 48.3 Å². The molecule has 0 spiro atoms. The lowest BCUT2D eigenvalue weighted by molar-refractivity contribution is -0.117. The van der Waals surface area contributed by atoms with Gasteiger partial charge < -0.3 is 14.5 Å². The maximum atomic E-state index is 13.5. The van der Waals surface area contributed by atoms with Crippen LogP contribution in [0.25, 0.3) is 10.2 Å². The third-order valence-electron chi connectivity index (χ3n) is 6.83. The van der Waals surface area contributed by atoms with E-state index in [0.717, 1.165) is 72.5 Å². The molecule has 2 aliphatic heterocycles. The average Bonchev–Trinajstić information content (AvgIpc) is 3.52. The minimum absolute atomic E-state index is 0.0463. The second-order valence-corrected chi connectivity index (χ2v) is 9.86. The number of fused-ring (bicyclic) bond motifs is 3. The van der Waals surface area contributed by atoms with Gasteiger partial charge in [0.15, 0.2) is 0 Å². The third kappa shape index (κ3) is 3.33. The van der Waals surface area contributed by atoms with E-state index in [1.54, 1.807) is 22.2 Å². The van der Waals surface area contributed by atoms with Gasteiger partial charge in [0, 0.05) is 42.3 Å². The Labute approximate surface area is 190 Å². The second kappa shape index (κ2) is 8.01. The fourth-order valence-electron chi connectivity index (χ4n) is 5.22. The molecule has 3 aromatic rings. The fraction of sp³-hybridized carbons (Fsp3) is 0.458. The molecule has 2 fully saturated rings. The van der Waals surface area contributed by atoms with Crippen molar-refractivity contribution in [2.45, 2.75) is 38.6 Å². The maximum Gasteiger partial charge on any atom is 0.262 e. The van der Waals surface area contributed by atoms with E-state index in [2.05, 4.69) is 22.0 Å². The third-order valence-corrected chi connectivity index (χ3v) is 8.03. The van der Waals surface area contributed by atoms with Gasteiger partial charge in [-0.15, -0.1) is 11.3 Å². The van der Waals surface area contributed by atoms with E-state index in [1.807, 2.05) is 11.0 Å². The Balaban J connectivity index is 1.42. The van der Waals surface area contributed by atoms with Crippen LogP contribution in [0.15, 0.2) is 29.3 Å². The molecule has 0 saturated carbocycles. The fourth-order valence-corrected chi connectivity index (χ4v) is 6.44. The zero-order chi connectivity index (χ0) is 21.7. The summed E-state index contributed by atoms with van der Waals surface area (Å²) >= 11 is 1.67. The van der Waals surface area contributed by atoms with Crippen molar-refractivity contribution in [3.8, 4) is 0 Å². The number of nitrogens with zero attached hydrogens (tertiary/aromatic N) is 4. The summed E-state index contributed by atoms with van der Waals surface area (Å²) in [5.74, 6) is 0.171. The normalized spacial score (nSPS) is 18.7. The lowest BCUT2D eigenvalue weighted by atomic mass is 10.1. The number of amides is 1. The van der Waals surface area contributed by atoms with Crippen molar-refractivity contribution in [3.05, 3.63) is 50.9 Å². The summed E-state index contributed by atoms with van der Waals surface area (Å²) < 4.78 is 7.28. The van der Waals surface area contributed by atoms with Gasteiger partial charge in [0.2, 0.25) is 5.91 Å². The summed E-state index contributed by atoms with van der Waals surface area (Å²) in [5, 5.41) is 0.809. The van der Waals surface area contributed by atoms with Gasteiger partial charge in [-0.05, 0) is 55.0 Å². The molecule has 1 aromatic carbocycles.